The van der Waals surface area contributed by atoms with Crippen LogP contribution in [-0.4, -0.2) is 6.61 Å². The van der Waals surface area contributed by atoms with E-state index in [1.165, 1.54) is 12.1 Å². The Morgan fingerprint density at radius 2 is 2.20 bits per heavy atom. The number of ether oxygens (including phenoxy) is 1. The summed E-state index contributed by atoms with van der Waals surface area (Å²) in [6.07, 6.45) is 0. The Hall–Kier alpha value is -1.08. The normalized spacial score (nSPS) is 10.1. The summed E-state index contributed by atoms with van der Waals surface area (Å²) in [5, 5.41) is 8.66. The van der Waals surface area contributed by atoms with Gasteiger partial charge in [0.1, 0.15) is 6.07 Å². The Morgan fingerprint density at radius 3 is 2.73 bits per heavy atom. The van der Waals surface area contributed by atoms with Gasteiger partial charge in [0.15, 0.2) is 11.6 Å². The van der Waals surface area contributed by atoms with Gasteiger partial charge < -0.3 is 4.74 Å². The average molecular weight is 272 g/mol. The molecule has 80 valence electrons. The van der Waals surface area contributed by atoms with Crippen LogP contribution in [0.25, 0.3) is 0 Å². The zero-order valence-electron chi connectivity index (χ0n) is 8.55. The number of hydrogen-bond donors (Lipinski definition) is 0. The van der Waals surface area contributed by atoms with Crippen molar-refractivity contribution in [1.29, 1.82) is 5.26 Å². The van der Waals surface area contributed by atoms with Crippen molar-refractivity contribution in [2.24, 2.45) is 5.92 Å². The topological polar surface area (TPSA) is 33.0 Å². The van der Waals surface area contributed by atoms with Gasteiger partial charge >= 0.3 is 0 Å². The molecule has 0 saturated heterocycles. The summed E-state index contributed by atoms with van der Waals surface area (Å²) >= 11 is 3.02. The maximum atomic E-state index is 13.6. The van der Waals surface area contributed by atoms with Crippen molar-refractivity contribution in [3.05, 3.63) is 28.0 Å². The molecule has 0 aliphatic rings. The van der Waals surface area contributed by atoms with Gasteiger partial charge in [0.2, 0.25) is 0 Å². The van der Waals surface area contributed by atoms with Crippen LogP contribution >= 0.6 is 15.9 Å². The lowest BCUT2D eigenvalue weighted by Gasteiger charge is -2.10. The quantitative estimate of drug-likeness (QED) is 0.843. The molecular weight excluding hydrogens is 261 g/mol. The standard InChI is InChI=1S/C11H11BrFNO/c1-7(2)6-15-9-4-3-8(5-14)10(12)11(9)13/h3-4,7H,6H2,1-2H3. The van der Waals surface area contributed by atoms with Gasteiger partial charge in [-0.3, -0.25) is 0 Å². The molecule has 0 amide bonds. The number of nitrogens with zero attached hydrogens (tertiary/aromatic N) is 1. The molecule has 0 aliphatic carbocycles. The van der Waals surface area contributed by atoms with Crippen LogP contribution < -0.4 is 4.74 Å². The second kappa shape index (κ2) is 5.13. The first kappa shape index (κ1) is 12.0. The van der Waals surface area contributed by atoms with Crippen molar-refractivity contribution < 1.29 is 9.13 Å². The summed E-state index contributed by atoms with van der Waals surface area (Å²) in [6.45, 7) is 4.42. The van der Waals surface area contributed by atoms with Gasteiger partial charge in [-0.1, -0.05) is 13.8 Å². The highest BCUT2D eigenvalue weighted by atomic mass is 79.9. The minimum Gasteiger partial charge on any atom is -0.490 e. The number of benzene rings is 1. The molecule has 1 aromatic rings. The first-order valence-corrected chi connectivity index (χ1v) is 5.36. The van der Waals surface area contributed by atoms with Crippen LogP contribution in [0.5, 0.6) is 5.75 Å². The van der Waals surface area contributed by atoms with E-state index in [1.807, 2.05) is 19.9 Å². The molecule has 0 heterocycles. The van der Waals surface area contributed by atoms with Gasteiger partial charge in [0.25, 0.3) is 0 Å². The van der Waals surface area contributed by atoms with Crippen LogP contribution in [0.1, 0.15) is 19.4 Å². The SMILES string of the molecule is CC(C)COc1ccc(C#N)c(Br)c1F. The van der Waals surface area contributed by atoms with Crippen LogP contribution in [0, 0.1) is 23.1 Å². The Kier molecular flexibility index (Phi) is 4.10. The molecular formula is C11H11BrFNO. The third-order valence-electron chi connectivity index (χ3n) is 1.74. The smallest absolute Gasteiger partial charge is 0.180 e. The van der Waals surface area contributed by atoms with E-state index in [2.05, 4.69) is 15.9 Å². The second-order valence-electron chi connectivity index (χ2n) is 3.56. The number of hydrogen-bond acceptors (Lipinski definition) is 2. The molecule has 0 N–H and O–H groups in total. The first-order valence-electron chi connectivity index (χ1n) is 4.57. The van der Waals surface area contributed by atoms with Gasteiger partial charge in [0.05, 0.1) is 16.6 Å². The Labute approximate surface area is 96.8 Å². The lowest BCUT2D eigenvalue weighted by atomic mass is 10.2. The fourth-order valence-electron chi connectivity index (χ4n) is 0.986. The highest BCUT2D eigenvalue weighted by Crippen LogP contribution is 2.28. The lowest BCUT2D eigenvalue weighted by Crippen LogP contribution is -2.06. The summed E-state index contributed by atoms with van der Waals surface area (Å²) in [6, 6.07) is 4.89. The summed E-state index contributed by atoms with van der Waals surface area (Å²) in [7, 11) is 0. The molecule has 1 aromatic carbocycles. The van der Waals surface area contributed by atoms with Gasteiger partial charge in [-0.05, 0) is 34.0 Å². The van der Waals surface area contributed by atoms with E-state index in [-0.39, 0.29) is 15.8 Å². The Balaban J connectivity index is 2.93. The largest absolute Gasteiger partial charge is 0.490 e. The molecule has 15 heavy (non-hydrogen) atoms. The van der Waals surface area contributed by atoms with E-state index in [4.69, 9.17) is 10.00 Å². The maximum Gasteiger partial charge on any atom is 0.180 e. The Morgan fingerprint density at radius 1 is 1.53 bits per heavy atom. The molecule has 0 bridgehead atoms. The van der Waals surface area contributed by atoms with Crippen molar-refractivity contribution in [2.75, 3.05) is 6.61 Å². The van der Waals surface area contributed by atoms with Crippen LogP contribution in [0.4, 0.5) is 4.39 Å². The number of halogens is 2. The highest BCUT2D eigenvalue weighted by molar-refractivity contribution is 9.10. The van der Waals surface area contributed by atoms with E-state index in [0.717, 1.165) is 0 Å². The third-order valence-corrected chi connectivity index (χ3v) is 2.51. The van der Waals surface area contributed by atoms with E-state index in [9.17, 15) is 4.39 Å². The molecule has 1 rings (SSSR count). The monoisotopic (exact) mass is 271 g/mol. The third kappa shape index (κ3) is 2.93. The highest BCUT2D eigenvalue weighted by Gasteiger charge is 2.12. The molecule has 0 aromatic heterocycles. The van der Waals surface area contributed by atoms with Crippen molar-refractivity contribution >= 4 is 15.9 Å². The molecule has 0 aliphatic heterocycles. The number of nitriles is 1. The predicted octanol–water partition coefficient (Wildman–Crippen LogP) is 3.49. The van der Waals surface area contributed by atoms with Crippen molar-refractivity contribution in [3.63, 3.8) is 0 Å². The van der Waals surface area contributed by atoms with Crippen molar-refractivity contribution in [1.82, 2.24) is 0 Å². The molecule has 0 spiro atoms. The van der Waals surface area contributed by atoms with Crippen LogP contribution in [0.3, 0.4) is 0 Å². The van der Waals surface area contributed by atoms with Crippen LogP contribution in [0.2, 0.25) is 0 Å². The fraction of sp³-hybridized carbons (Fsp3) is 0.364. The van der Waals surface area contributed by atoms with Gasteiger partial charge in [-0.2, -0.15) is 5.26 Å². The number of rotatable bonds is 3. The molecule has 4 heteroatoms. The molecule has 0 atom stereocenters. The molecule has 0 unspecified atom stereocenters. The minimum atomic E-state index is -0.519. The average Bonchev–Trinajstić information content (AvgIpc) is 2.20. The summed E-state index contributed by atoms with van der Waals surface area (Å²) in [4.78, 5) is 0. The van der Waals surface area contributed by atoms with E-state index in [0.29, 0.717) is 12.5 Å². The van der Waals surface area contributed by atoms with E-state index >= 15 is 0 Å². The summed E-state index contributed by atoms with van der Waals surface area (Å²) in [5.74, 6) is -0.0110. The van der Waals surface area contributed by atoms with Crippen LogP contribution in [-0.2, 0) is 0 Å². The van der Waals surface area contributed by atoms with Gasteiger partial charge in [0, 0.05) is 0 Å². The lowest BCUT2D eigenvalue weighted by molar-refractivity contribution is 0.259. The first-order chi connectivity index (χ1) is 7.06. The van der Waals surface area contributed by atoms with Crippen molar-refractivity contribution in [2.45, 2.75) is 13.8 Å². The second-order valence-corrected chi connectivity index (χ2v) is 4.35. The van der Waals surface area contributed by atoms with E-state index in [1.54, 1.807) is 0 Å². The molecule has 2 nitrogen and oxygen atoms in total. The molecule has 0 radical (unpaired) electrons. The summed E-state index contributed by atoms with van der Waals surface area (Å²) in [5.41, 5.74) is 0.268. The molecule has 0 fully saturated rings. The predicted molar refractivity (Wildman–Crippen MR) is 59.1 cm³/mol. The molecule has 0 saturated carbocycles. The van der Waals surface area contributed by atoms with Crippen molar-refractivity contribution in [3.8, 4) is 11.8 Å². The van der Waals surface area contributed by atoms with Gasteiger partial charge in [-0.25, -0.2) is 4.39 Å². The summed E-state index contributed by atoms with van der Waals surface area (Å²) < 4.78 is 19.0. The maximum absolute atomic E-state index is 13.6. The van der Waals surface area contributed by atoms with E-state index < -0.39 is 5.82 Å². The minimum absolute atomic E-state index is 0.159. The zero-order chi connectivity index (χ0) is 11.4. The van der Waals surface area contributed by atoms with Gasteiger partial charge in [-0.15, -0.1) is 0 Å². The van der Waals surface area contributed by atoms with Crippen LogP contribution in [0.15, 0.2) is 16.6 Å². The zero-order valence-corrected chi connectivity index (χ0v) is 10.1. The fourth-order valence-corrected chi connectivity index (χ4v) is 1.40. The Bertz CT molecular complexity index is 398.